The molecule has 0 atom stereocenters. The summed E-state index contributed by atoms with van der Waals surface area (Å²) >= 11 is 7.37. The van der Waals surface area contributed by atoms with Gasteiger partial charge >= 0.3 is 0 Å². The Morgan fingerprint density at radius 3 is 2.32 bits per heavy atom. The molecular formula is C20H18ClNO4S2. The molecule has 0 saturated heterocycles. The van der Waals surface area contributed by atoms with E-state index in [-0.39, 0.29) is 10.6 Å². The maximum atomic E-state index is 13.0. The van der Waals surface area contributed by atoms with Crippen molar-refractivity contribution in [3.05, 3.63) is 71.8 Å². The molecule has 0 amide bonds. The van der Waals surface area contributed by atoms with E-state index in [1.54, 1.807) is 36.4 Å². The van der Waals surface area contributed by atoms with E-state index >= 15 is 0 Å². The highest BCUT2D eigenvalue weighted by Gasteiger charge is 2.22. The third-order valence-electron chi connectivity index (χ3n) is 3.83. The van der Waals surface area contributed by atoms with Gasteiger partial charge in [0.1, 0.15) is 16.4 Å². The normalized spacial score (nSPS) is 11.1. The zero-order valence-electron chi connectivity index (χ0n) is 15.2. The zero-order chi connectivity index (χ0) is 20.1. The average molecular weight is 436 g/mol. The van der Waals surface area contributed by atoms with E-state index in [1.165, 1.54) is 32.0 Å². The number of halogens is 1. The van der Waals surface area contributed by atoms with Crippen LogP contribution in [0.5, 0.6) is 11.5 Å². The van der Waals surface area contributed by atoms with Gasteiger partial charge in [0.25, 0.3) is 10.0 Å². The van der Waals surface area contributed by atoms with Crippen molar-refractivity contribution in [2.45, 2.75) is 14.7 Å². The molecule has 0 aliphatic carbocycles. The number of methoxy groups -OCH3 is 2. The van der Waals surface area contributed by atoms with E-state index in [2.05, 4.69) is 4.72 Å². The Kier molecular flexibility index (Phi) is 6.39. The molecule has 0 aromatic heterocycles. The van der Waals surface area contributed by atoms with Gasteiger partial charge in [-0.25, -0.2) is 8.42 Å². The summed E-state index contributed by atoms with van der Waals surface area (Å²) in [4.78, 5) is 1.70. The van der Waals surface area contributed by atoms with E-state index in [9.17, 15) is 8.42 Å². The van der Waals surface area contributed by atoms with Gasteiger partial charge in [0.15, 0.2) is 0 Å². The quantitative estimate of drug-likeness (QED) is 0.544. The van der Waals surface area contributed by atoms with Crippen LogP contribution in [-0.2, 0) is 10.0 Å². The topological polar surface area (TPSA) is 64.6 Å². The lowest BCUT2D eigenvalue weighted by atomic mass is 10.3. The fourth-order valence-electron chi connectivity index (χ4n) is 2.46. The molecule has 0 fully saturated rings. The molecule has 1 N–H and O–H groups in total. The standard InChI is InChI=1S/C20H18ClNO4S2/c1-25-15-9-12-18(26-2)20(13-15)28(23,24)22-17-5-3-4-6-19(17)27-16-10-7-14(21)8-11-16/h3-13,22H,1-2H3. The van der Waals surface area contributed by atoms with Crippen LogP contribution in [0.4, 0.5) is 5.69 Å². The first kappa shape index (κ1) is 20.4. The first-order valence-corrected chi connectivity index (χ1v) is 10.9. The van der Waals surface area contributed by atoms with Crippen LogP contribution in [0.3, 0.4) is 0 Å². The summed E-state index contributed by atoms with van der Waals surface area (Å²) in [6.45, 7) is 0. The smallest absolute Gasteiger partial charge is 0.265 e. The molecule has 28 heavy (non-hydrogen) atoms. The highest BCUT2D eigenvalue weighted by atomic mass is 35.5. The fraction of sp³-hybridized carbons (Fsp3) is 0.100. The number of ether oxygens (including phenoxy) is 2. The minimum Gasteiger partial charge on any atom is -0.497 e. The number of benzene rings is 3. The number of hydrogen-bond donors (Lipinski definition) is 1. The molecule has 8 heteroatoms. The molecular weight excluding hydrogens is 418 g/mol. The molecule has 0 bridgehead atoms. The van der Waals surface area contributed by atoms with Crippen molar-refractivity contribution in [1.29, 1.82) is 0 Å². The van der Waals surface area contributed by atoms with Gasteiger partial charge in [-0.15, -0.1) is 0 Å². The van der Waals surface area contributed by atoms with Gasteiger partial charge in [0, 0.05) is 20.9 Å². The van der Waals surface area contributed by atoms with Gasteiger partial charge in [-0.1, -0.05) is 35.5 Å². The van der Waals surface area contributed by atoms with Crippen LogP contribution in [0.15, 0.2) is 81.4 Å². The summed E-state index contributed by atoms with van der Waals surface area (Å²) in [5.74, 6) is 0.654. The minimum absolute atomic E-state index is 0.000598. The molecule has 0 radical (unpaired) electrons. The van der Waals surface area contributed by atoms with Crippen LogP contribution >= 0.6 is 23.4 Å². The Morgan fingerprint density at radius 1 is 0.929 bits per heavy atom. The van der Waals surface area contributed by atoms with Crippen molar-refractivity contribution in [2.75, 3.05) is 18.9 Å². The van der Waals surface area contributed by atoms with E-state index in [4.69, 9.17) is 21.1 Å². The van der Waals surface area contributed by atoms with Crippen LogP contribution in [0, 0.1) is 0 Å². The summed E-state index contributed by atoms with van der Waals surface area (Å²) in [5, 5.41) is 0.642. The Morgan fingerprint density at radius 2 is 1.64 bits per heavy atom. The number of para-hydroxylation sites is 1. The van der Waals surface area contributed by atoms with Gasteiger partial charge in [-0.2, -0.15) is 0 Å². The highest BCUT2D eigenvalue weighted by molar-refractivity contribution is 7.99. The van der Waals surface area contributed by atoms with Crippen molar-refractivity contribution in [1.82, 2.24) is 0 Å². The molecule has 3 rings (SSSR count). The fourth-order valence-corrected chi connectivity index (χ4v) is 4.82. The van der Waals surface area contributed by atoms with E-state index < -0.39 is 10.0 Å². The summed E-state index contributed by atoms with van der Waals surface area (Å²) in [7, 11) is -1.00. The monoisotopic (exact) mass is 435 g/mol. The minimum atomic E-state index is -3.90. The average Bonchev–Trinajstić information content (AvgIpc) is 2.70. The number of sulfonamides is 1. The molecule has 0 aliphatic heterocycles. The zero-order valence-corrected chi connectivity index (χ0v) is 17.6. The Labute approximate surface area is 173 Å². The van der Waals surface area contributed by atoms with Crippen LogP contribution in [-0.4, -0.2) is 22.6 Å². The lowest BCUT2D eigenvalue weighted by Crippen LogP contribution is -2.14. The largest absolute Gasteiger partial charge is 0.497 e. The third-order valence-corrected chi connectivity index (χ3v) is 6.56. The van der Waals surface area contributed by atoms with Crippen molar-refractivity contribution in [3.8, 4) is 11.5 Å². The summed E-state index contributed by atoms with van der Waals surface area (Å²) in [5.41, 5.74) is 0.465. The molecule has 3 aromatic rings. The van der Waals surface area contributed by atoms with Crippen molar-refractivity contribution >= 4 is 39.1 Å². The number of nitrogens with one attached hydrogen (secondary N) is 1. The summed E-state index contributed by atoms with van der Waals surface area (Å²) < 4.78 is 39.1. The van der Waals surface area contributed by atoms with Crippen LogP contribution in [0.25, 0.3) is 0 Å². The second kappa shape index (κ2) is 8.77. The molecule has 5 nitrogen and oxygen atoms in total. The van der Waals surface area contributed by atoms with Crippen LogP contribution < -0.4 is 14.2 Å². The van der Waals surface area contributed by atoms with E-state index in [0.29, 0.717) is 16.5 Å². The number of rotatable bonds is 7. The Balaban J connectivity index is 1.94. The number of hydrogen-bond acceptors (Lipinski definition) is 5. The molecule has 0 aliphatic rings. The second-order valence-corrected chi connectivity index (χ2v) is 8.88. The van der Waals surface area contributed by atoms with Gasteiger partial charge in [0.2, 0.25) is 0 Å². The van der Waals surface area contributed by atoms with Crippen LogP contribution in [0.1, 0.15) is 0 Å². The molecule has 0 saturated carbocycles. The maximum absolute atomic E-state index is 13.0. The second-order valence-electron chi connectivity index (χ2n) is 5.67. The molecule has 0 unspecified atom stereocenters. The predicted molar refractivity (Wildman–Crippen MR) is 112 cm³/mol. The third kappa shape index (κ3) is 4.73. The molecule has 0 heterocycles. The van der Waals surface area contributed by atoms with Gasteiger partial charge in [-0.05, 0) is 48.5 Å². The van der Waals surface area contributed by atoms with Gasteiger partial charge in [-0.3, -0.25) is 4.72 Å². The summed E-state index contributed by atoms with van der Waals surface area (Å²) in [6.07, 6.45) is 0. The Hall–Kier alpha value is -2.35. The lowest BCUT2D eigenvalue weighted by molar-refractivity contribution is 0.392. The molecule has 3 aromatic carbocycles. The van der Waals surface area contributed by atoms with Crippen molar-refractivity contribution in [2.24, 2.45) is 0 Å². The molecule has 0 spiro atoms. The van der Waals surface area contributed by atoms with Gasteiger partial charge < -0.3 is 9.47 Å². The van der Waals surface area contributed by atoms with Crippen molar-refractivity contribution in [3.63, 3.8) is 0 Å². The molecule has 146 valence electrons. The first-order valence-electron chi connectivity index (χ1n) is 8.20. The van der Waals surface area contributed by atoms with Crippen molar-refractivity contribution < 1.29 is 17.9 Å². The van der Waals surface area contributed by atoms with E-state index in [1.807, 2.05) is 24.3 Å². The first-order chi connectivity index (χ1) is 13.4. The SMILES string of the molecule is COc1ccc(OC)c(S(=O)(=O)Nc2ccccc2Sc2ccc(Cl)cc2)c1. The highest BCUT2D eigenvalue weighted by Crippen LogP contribution is 2.36. The summed E-state index contributed by atoms with van der Waals surface area (Å²) in [6, 6.07) is 19.1. The van der Waals surface area contributed by atoms with E-state index in [0.717, 1.165) is 9.79 Å². The maximum Gasteiger partial charge on any atom is 0.265 e. The number of anilines is 1. The predicted octanol–water partition coefficient (Wildman–Crippen LogP) is 5.31. The Bertz CT molecular complexity index is 1070. The van der Waals surface area contributed by atoms with Gasteiger partial charge in [0.05, 0.1) is 19.9 Å². The van der Waals surface area contributed by atoms with Crippen LogP contribution in [0.2, 0.25) is 5.02 Å². The lowest BCUT2D eigenvalue weighted by Gasteiger charge is -2.15.